The molecule has 8 heteroatoms. The van der Waals surface area contributed by atoms with E-state index in [0.29, 0.717) is 5.69 Å². The van der Waals surface area contributed by atoms with E-state index in [0.717, 1.165) is 18.2 Å². The number of hydrogen-bond acceptors (Lipinski definition) is 5. The van der Waals surface area contributed by atoms with Crippen LogP contribution in [-0.2, 0) is 4.79 Å². The summed E-state index contributed by atoms with van der Waals surface area (Å²) in [5.41, 5.74) is 0.0728. The van der Waals surface area contributed by atoms with Crippen LogP contribution in [0.4, 0.5) is 15.8 Å². The van der Waals surface area contributed by atoms with Gasteiger partial charge in [-0.05, 0) is 30.3 Å². The number of carbonyl (C=O) groups excluding carboxylic acids is 2. The lowest BCUT2D eigenvalue weighted by molar-refractivity contribution is -0.385. The van der Waals surface area contributed by atoms with Crippen molar-refractivity contribution in [1.82, 2.24) is 0 Å². The molecule has 0 spiro atoms. The van der Waals surface area contributed by atoms with Crippen molar-refractivity contribution in [1.29, 1.82) is 0 Å². The summed E-state index contributed by atoms with van der Waals surface area (Å²) in [5.74, 6) is -2.49. The Hall–Kier alpha value is -3.29. The Labute approximate surface area is 142 Å². The van der Waals surface area contributed by atoms with Gasteiger partial charge in [0.1, 0.15) is 5.82 Å². The molecule has 0 bridgehead atoms. The monoisotopic (exact) mass is 346 g/mol. The Kier molecular flexibility index (Phi) is 5.43. The summed E-state index contributed by atoms with van der Waals surface area (Å²) in [5, 5.41) is 13.6. The SMILES string of the molecule is CC(C)C(=O)Nc1ccc(C(=O)Oc2cc(F)ccc2[N+](=O)[O-])cc1. The van der Waals surface area contributed by atoms with Gasteiger partial charge in [-0.3, -0.25) is 14.9 Å². The molecule has 2 aromatic rings. The second kappa shape index (κ2) is 7.52. The van der Waals surface area contributed by atoms with Gasteiger partial charge in [-0.25, -0.2) is 9.18 Å². The molecule has 0 fully saturated rings. The topological polar surface area (TPSA) is 98.5 Å². The predicted molar refractivity (Wildman–Crippen MR) is 87.9 cm³/mol. The van der Waals surface area contributed by atoms with Crippen molar-refractivity contribution in [3.8, 4) is 5.75 Å². The van der Waals surface area contributed by atoms with Crippen LogP contribution < -0.4 is 10.1 Å². The fourth-order valence-electron chi connectivity index (χ4n) is 1.86. The smallest absolute Gasteiger partial charge is 0.343 e. The normalized spacial score (nSPS) is 10.4. The van der Waals surface area contributed by atoms with E-state index < -0.39 is 28.1 Å². The van der Waals surface area contributed by atoms with Crippen LogP contribution in [0.2, 0.25) is 0 Å². The highest BCUT2D eigenvalue weighted by Crippen LogP contribution is 2.28. The maximum Gasteiger partial charge on any atom is 0.343 e. The number of nitro benzene ring substituents is 1. The van der Waals surface area contributed by atoms with Crippen LogP contribution in [0.25, 0.3) is 0 Å². The molecule has 0 radical (unpaired) electrons. The second-order valence-corrected chi connectivity index (χ2v) is 5.48. The number of nitrogens with one attached hydrogen (secondary N) is 1. The van der Waals surface area contributed by atoms with Gasteiger partial charge in [-0.15, -0.1) is 0 Å². The van der Waals surface area contributed by atoms with E-state index in [1.807, 2.05) is 0 Å². The maximum atomic E-state index is 13.2. The van der Waals surface area contributed by atoms with Gasteiger partial charge in [0, 0.05) is 23.7 Å². The lowest BCUT2D eigenvalue weighted by atomic mass is 10.1. The maximum absolute atomic E-state index is 13.2. The first-order valence-electron chi connectivity index (χ1n) is 7.35. The van der Waals surface area contributed by atoms with Gasteiger partial charge < -0.3 is 10.1 Å². The number of amides is 1. The third-order valence-corrected chi connectivity index (χ3v) is 3.23. The average molecular weight is 346 g/mol. The summed E-state index contributed by atoms with van der Waals surface area (Å²) in [6.45, 7) is 3.49. The highest BCUT2D eigenvalue weighted by atomic mass is 19.1. The zero-order chi connectivity index (χ0) is 18.6. The van der Waals surface area contributed by atoms with E-state index >= 15 is 0 Å². The number of ether oxygens (including phenoxy) is 1. The fourth-order valence-corrected chi connectivity index (χ4v) is 1.86. The molecule has 25 heavy (non-hydrogen) atoms. The quantitative estimate of drug-likeness (QED) is 0.386. The van der Waals surface area contributed by atoms with Crippen molar-refractivity contribution in [3.05, 3.63) is 64.0 Å². The van der Waals surface area contributed by atoms with Gasteiger partial charge in [0.25, 0.3) is 0 Å². The van der Waals surface area contributed by atoms with Crippen molar-refractivity contribution in [2.24, 2.45) is 5.92 Å². The summed E-state index contributed by atoms with van der Waals surface area (Å²) in [6.07, 6.45) is 0. The molecule has 0 saturated carbocycles. The Bertz CT molecular complexity index is 818. The van der Waals surface area contributed by atoms with Gasteiger partial charge in [0.15, 0.2) is 0 Å². The molecule has 0 aliphatic carbocycles. The number of carbonyl (C=O) groups is 2. The molecule has 0 unspecified atom stereocenters. The molecule has 7 nitrogen and oxygen atoms in total. The molecule has 0 aliphatic heterocycles. The fraction of sp³-hybridized carbons (Fsp3) is 0.176. The Morgan fingerprint density at radius 3 is 2.36 bits per heavy atom. The molecule has 1 amide bonds. The third kappa shape index (κ3) is 4.60. The van der Waals surface area contributed by atoms with Gasteiger partial charge in [-0.2, -0.15) is 0 Å². The van der Waals surface area contributed by atoms with Crippen LogP contribution in [0.1, 0.15) is 24.2 Å². The number of esters is 1. The van der Waals surface area contributed by atoms with E-state index in [2.05, 4.69) is 5.32 Å². The minimum absolute atomic E-state index is 0.0982. The lowest BCUT2D eigenvalue weighted by Crippen LogP contribution is -2.17. The van der Waals surface area contributed by atoms with Crippen LogP contribution in [0, 0.1) is 21.8 Å². The van der Waals surface area contributed by atoms with Crippen LogP contribution in [-0.4, -0.2) is 16.8 Å². The Morgan fingerprint density at radius 1 is 1.16 bits per heavy atom. The van der Waals surface area contributed by atoms with Crippen molar-refractivity contribution < 1.29 is 23.6 Å². The van der Waals surface area contributed by atoms with E-state index in [-0.39, 0.29) is 17.4 Å². The van der Waals surface area contributed by atoms with Crippen LogP contribution in [0.5, 0.6) is 5.75 Å². The third-order valence-electron chi connectivity index (χ3n) is 3.23. The number of nitro groups is 1. The Balaban J connectivity index is 2.15. The highest BCUT2D eigenvalue weighted by molar-refractivity contribution is 5.94. The largest absolute Gasteiger partial charge is 0.415 e. The van der Waals surface area contributed by atoms with Crippen molar-refractivity contribution in [2.75, 3.05) is 5.32 Å². The van der Waals surface area contributed by atoms with Gasteiger partial charge in [0.05, 0.1) is 10.5 Å². The van der Waals surface area contributed by atoms with Crippen molar-refractivity contribution >= 4 is 23.3 Å². The summed E-state index contributed by atoms with van der Waals surface area (Å²) in [6, 6.07) is 8.37. The minimum atomic E-state index is -0.879. The molecule has 0 atom stereocenters. The lowest BCUT2D eigenvalue weighted by Gasteiger charge is -2.09. The zero-order valence-corrected chi connectivity index (χ0v) is 13.5. The average Bonchev–Trinajstić information content (AvgIpc) is 2.55. The summed E-state index contributed by atoms with van der Waals surface area (Å²) < 4.78 is 18.2. The molecule has 2 rings (SSSR count). The first-order valence-corrected chi connectivity index (χ1v) is 7.35. The van der Waals surface area contributed by atoms with E-state index in [4.69, 9.17) is 4.74 Å². The molecular formula is C17H15FN2O5. The molecular weight excluding hydrogens is 331 g/mol. The van der Waals surface area contributed by atoms with Crippen molar-refractivity contribution in [3.63, 3.8) is 0 Å². The molecule has 0 aliphatic rings. The van der Waals surface area contributed by atoms with Gasteiger partial charge in [0.2, 0.25) is 11.7 Å². The second-order valence-electron chi connectivity index (χ2n) is 5.48. The number of nitrogens with zero attached hydrogens (tertiary/aromatic N) is 1. The number of benzene rings is 2. The highest BCUT2D eigenvalue weighted by Gasteiger charge is 2.20. The standard InChI is InChI=1S/C17H15FN2O5/c1-10(2)16(21)19-13-6-3-11(4-7-13)17(22)25-15-9-12(18)5-8-14(15)20(23)24/h3-10H,1-2H3,(H,19,21). The summed E-state index contributed by atoms with van der Waals surface area (Å²) in [4.78, 5) is 33.8. The number of rotatable bonds is 5. The number of anilines is 1. The van der Waals surface area contributed by atoms with Crippen LogP contribution >= 0.6 is 0 Å². The van der Waals surface area contributed by atoms with E-state index in [9.17, 15) is 24.1 Å². The van der Waals surface area contributed by atoms with Gasteiger partial charge in [-0.1, -0.05) is 13.8 Å². The molecule has 130 valence electrons. The number of halogens is 1. The van der Waals surface area contributed by atoms with E-state index in [1.165, 1.54) is 24.3 Å². The first-order chi connectivity index (χ1) is 11.8. The summed E-state index contributed by atoms with van der Waals surface area (Å²) in [7, 11) is 0. The van der Waals surface area contributed by atoms with E-state index in [1.54, 1.807) is 13.8 Å². The van der Waals surface area contributed by atoms with Crippen LogP contribution in [0.3, 0.4) is 0 Å². The molecule has 1 N–H and O–H groups in total. The zero-order valence-electron chi connectivity index (χ0n) is 13.5. The molecule has 0 heterocycles. The van der Waals surface area contributed by atoms with Crippen molar-refractivity contribution in [2.45, 2.75) is 13.8 Å². The van der Waals surface area contributed by atoms with Crippen LogP contribution in [0.15, 0.2) is 42.5 Å². The number of hydrogen-bond donors (Lipinski definition) is 1. The molecule has 2 aromatic carbocycles. The first kappa shape index (κ1) is 18.1. The molecule has 0 aromatic heterocycles. The predicted octanol–water partition coefficient (Wildman–Crippen LogP) is 3.55. The minimum Gasteiger partial charge on any atom is -0.415 e. The Morgan fingerprint density at radius 2 is 1.80 bits per heavy atom. The van der Waals surface area contributed by atoms with Gasteiger partial charge >= 0.3 is 11.7 Å². The molecule has 0 saturated heterocycles. The summed E-state index contributed by atoms with van der Waals surface area (Å²) >= 11 is 0.